The van der Waals surface area contributed by atoms with Gasteiger partial charge in [-0.1, -0.05) is 47.6 Å². The van der Waals surface area contributed by atoms with Crippen LogP contribution in [0.5, 0.6) is 5.75 Å². The largest absolute Gasteiger partial charge is 0.491 e. The predicted molar refractivity (Wildman–Crippen MR) is 146 cm³/mol. The number of carbonyl (C=O) groups is 3. The molecule has 2 aliphatic heterocycles. The number of anilines is 1. The molecule has 5 rings (SSSR count). The highest BCUT2D eigenvalue weighted by molar-refractivity contribution is 6.21. The Kier molecular flexibility index (Phi) is 8.15. The van der Waals surface area contributed by atoms with Gasteiger partial charge in [0.05, 0.1) is 35.5 Å². The molecule has 2 aliphatic rings. The Morgan fingerprint density at radius 1 is 1.14 bits per heavy atom. The van der Waals surface area contributed by atoms with Gasteiger partial charge in [-0.2, -0.15) is 13.2 Å². The normalized spacial score (nSPS) is 18.1. The first-order chi connectivity index (χ1) is 20.0. The summed E-state index contributed by atoms with van der Waals surface area (Å²) in [7, 11) is 0. The summed E-state index contributed by atoms with van der Waals surface area (Å²) in [5.41, 5.74) is 2.69. The number of nitrogens with zero attached hydrogens (tertiary/aromatic N) is 3. The van der Waals surface area contributed by atoms with Crippen molar-refractivity contribution in [1.29, 1.82) is 0 Å². The quantitative estimate of drug-likeness (QED) is 0.411. The third-order valence-corrected chi connectivity index (χ3v) is 7.43. The number of para-hydroxylation sites is 1. The number of halogens is 3. The van der Waals surface area contributed by atoms with Crippen LogP contribution in [0.15, 0.2) is 64.3 Å². The van der Waals surface area contributed by atoms with Crippen molar-refractivity contribution in [2.24, 2.45) is 10.9 Å². The highest BCUT2D eigenvalue weighted by Gasteiger charge is 2.41. The van der Waals surface area contributed by atoms with Gasteiger partial charge in [-0.15, -0.1) is 0 Å². The van der Waals surface area contributed by atoms with E-state index in [4.69, 9.17) is 9.26 Å². The van der Waals surface area contributed by atoms with Gasteiger partial charge >= 0.3 is 6.18 Å². The van der Waals surface area contributed by atoms with Crippen molar-refractivity contribution in [1.82, 2.24) is 10.5 Å². The van der Waals surface area contributed by atoms with Crippen LogP contribution in [-0.4, -0.2) is 54.0 Å². The van der Waals surface area contributed by atoms with E-state index in [1.54, 1.807) is 42.5 Å². The van der Waals surface area contributed by atoms with Gasteiger partial charge in [0, 0.05) is 29.7 Å². The smallest absolute Gasteiger partial charge is 0.389 e. The topological polar surface area (TPSA) is 114 Å². The molecule has 0 saturated heterocycles. The summed E-state index contributed by atoms with van der Waals surface area (Å²) in [5.74, 6) is -4.27. The second kappa shape index (κ2) is 11.8. The van der Waals surface area contributed by atoms with Crippen LogP contribution in [0, 0.1) is 12.8 Å². The van der Waals surface area contributed by atoms with E-state index < -0.39 is 54.6 Å². The second-order valence-corrected chi connectivity index (χ2v) is 10.3. The Morgan fingerprint density at radius 3 is 2.57 bits per heavy atom. The van der Waals surface area contributed by atoms with E-state index >= 15 is 0 Å². The highest BCUT2D eigenvalue weighted by atomic mass is 19.4. The van der Waals surface area contributed by atoms with Crippen molar-refractivity contribution in [3.05, 3.63) is 77.2 Å². The number of benzene rings is 2. The van der Waals surface area contributed by atoms with E-state index in [1.807, 2.05) is 6.07 Å². The number of aliphatic imine (C=N–C) groups is 1. The summed E-state index contributed by atoms with van der Waals surface area (Å²) in [6.07, 6.45) is -6.39. The predicted octanol–water partition coefficient (Wildman–Crippen LogP) is 4.72. The van der Waals surface area contributed by atoms with Gasteiger partial charge in [0.25, 0.3) is 5.91 Å². The summed E-state index contributed by atoms with van der Waals surface area (Å²) in [6, 6.07) is 14.4. The molecule has 220 valence electrons. The lowest BCUT2D eigenvalue weighted by Gasteiger charge is -2.28. The van der Waals surface area contributed by atoms with Crippen LogP contribution in [0.25, 0.3) is 0 Å². The molecule has 0 spiro atoms. The van der Waals surface area contributed by atoms with Crippen molar-refractivity contribution >= 4 is 29.0 Å². The molecule has 2 aromatic carbocycles. The molecule has 0 radical (unpaired) electrons. The van der Waals surface area contributed by atoms with Gasteiger partial charge in [0.2, 0.25) is 12.1 Å². The standard InChI is InChI=1S/C30H29F3N4O5/c1-17-22(16-42-36-17)24(18(2)38)20(12-13-30(31,32)33)28(39)35-27-29(40)37-14-7-15-41-23-11-6-10-21(26(23)37)25(34-27)19-8-4-3-5-9-19/h3-6,8-11,16,20,24,27H,7,12-15H2,1-2H3,(H,35,39)/t20-,24-,27-/m1/s1. The van der Waals surface area contributed by atoms with Crippen molar-refractivity contribution in [3.8, 4) is 5.75 Å². The highest BCUT2D eigenvalue weighted by Crippen LogP contribution is 2.39. The Morgan fingerprint density at radius 2 is 1.90 bits per heavy atom. The minimum absolute atomic E-state index is 0.215. The van der Waals surface area contributed by atoms with Crippen LogP contribution in [-0.2, 0) is 14.4 Å². The van der Waals surface area contributed by atoms with E-state index in [2.05, 4.69) is 15.5 Å². The van der Waals surface area contributed by atoms with E-state index in [0.717, 1.165) is 6.26 Å². The average Bonchev–Trinajstić information content (AvgIpc) is 3.18. The van der Waals surface area contributed by atoms with Crippen LogP contribution in [0.2, 0.25) is 0 Å². The zero-order valence-corrected chi connectivity index (χ0v) is 23.0. The summed E-state index contributed by atoms with van der Waals surface area (Å²) in [4.78, 5) is 46.8. The fourth-order valence-corrected chi connectivity index (χ4v) is 5.49. The molecular weight excluding hydrogens is 553 g/mol. The minimum Gasteiger partial charge on any atom is -0.491 e. The molecule has 0 fully saturated rings. The molecule has 0 saturated carbocycles. The van der Waals surface area contributed by atoms with E-state index in [0.29, 0.717) is 41.3 Å². The third-order valence-electron chi connectivity index (χ3n) is 7.43. The zero-order chi connectivity index (χ0) is 30.0. The molecule has 1 N–H and O–H groups in total. The summed E-state index contributed by atoms with van der Waals surface area (Å²) < 4.78 is 51.0. The van der Waals surface area contributed by atoms with E-state index in [9.17, 15) is 27.6 Å². The third kappa shape index (κ3) is 5.93. The first-order valence-corrected chi connectivity index (χ1v) is 13.5. The summed E-state index contributed by atoms with van der Waals surface area (Å²) in [6.45, 7) is 3.38. The molecular formula is C30H29F3N4O5. The number of alkyl halides is 3. The molecule has 0 bridgehead atoms. The van der Waals surface area contributed by atoms with Crippen LogP contribution in [0.3, 0.4) is 0 Å². The lowest BCUT2D eigenvalue weighted by atomic mass is 9.80. The fraction of sp³-hybridized carbons (Fsp3) is 0.367. The Bertz CT molecular complexity index is 1520. The van der Waals surface area contributed by atoms with Crippen LogP contribution >= 0.6 is 0 Å². The molecule has 9 nitrogen and oxygen atoms in total. The first kappa shape index (κ1) is 29.0. The molecule has 3 atom stereocenters. The molecule has 3 aromatic rings. The molecule has 0 aliphatic carbocycles. The Hall–Kier alpha value is -4.48. The maximum Gasteiger partial charge on any atom is 0.389 e. The number of hydrogen-bond acceptors (Lipinski definition) is 7. The van der Waals surface area contributed by atoms with Gasteiger partial charge in [0.1, 0.15) is 17.8 Å². The SMILES string of the molecule is CC(=O)[C@@H](c1conc1C)[C@@H](CCC(F)(F)F)C(=O)N[C@H]1N=C(c2ccccc2)c2cccc3c2N(CCCO3)C1=O. The van der Waals surface area contributed by atoms with Crippen molar-refractivity contribution in [2.45, 2.75) is 51.4 Å². The van der Waals surface area contributed by atoms with Gasteiger partial charge in [-0.05, 0) is 32.8 Å². The number of rotatable bonds is 8. The maximum atomic E-state index is 14.0. The maximum absolute atomic E-state index is 14.0. The van der Waals surface area contributed by atoms with Gasteiger partial charge in [0.15, 0.2) is 0 Å². The Labute approximate surface area is 239 Å². The Balaban J connectivity index is 1.58. The van der Waals surface area contributed by atoms with Crippen LogP contribution in [0.4, 0.5) is 18.9 Å². The fourth-order valence-electron chi connectivity index (χ4n) is 5.49. The van der Waals surface area contributed by atoms with E-state index in [1.165, 1.54) is 18.7 Å². The number of nitrogens with one attached hydrogen (secondary N) is 1. The molecule has 42 heavy (non-hydrogen) atoms. The number of aryl methyl sites for hydroxylation is 1. The first-order valence-electron chi connectivity index (χ1n) is 13.5. The van der Waals surface area contributed by atoms with Crippen molar-refractivity contribution < 1.29 is 36.8 Å². The summed E-state index contributed by atoms with van der Waals surface area (Å²) >= 11 is 0. The lowest BCUT2D eigenvalue weighted by molar-refractivity contribution is -0.144. The lowest BCUT2D eigenvalue weighted by Crippen LogP contribution is -2.50. The number of carbonyl (C=O) groups excluding carboxylic acids is 3. The zero-order valence-electron chi connectivity index (χ0n) is 23.0. The minimum atomic E-state index is -4.58. The number of aromatic nitrogens is 1. The number of Topliss-reactive ketones (excluding diaryl/α,β-unsaturated/α-hetero) is 1. The van der Waals surface area contributed by atoms with Crippen LogP contribution in [0.1, 0.15) is 54.5 Å². The van der Waals surface area contributed by atoms with Crippen LogP contribution < -0.4 is 15.0 Å². The van der Waals surface area contributed by atoms with Gasteiger partial charge < -0.3 is 19.5 Å². The van der Waals surface area contributed by atoms with Crippen molar-refractivity contribution in [2.75, 3.05) is 18.1 Å². The number of hydrogen-bond donors (Lipinski definition) is 1. The average molecular weight is 583 g/mol. The monoisotopic (exact) mass is 582 g/mol. The summed E-state index contributed by atoms with van der Waals surface area (Å²) in [5, 5.41) is 6.34. The molecule has 12 heteroatoms. The molecule has 3 heterocycles. The van der Waals surface area contributed by atoms with Gasteiger partial charge in [-0.25, -0.2) is 4.99 Å². The number of ether oxygens (including phenoxy) is 1. The van der Waals surface area contributed by atoms with E-state index in [-0.39, 0.29) is 17.8 Å². The van der Waals surface area contributed by atoms with Gasteiger partial charge in [-0.3, -0.25) is 14.4 Å². The number of amides is 2. The molecule has 1 aromatic heterocycles. The molecule has 2 amide bonds. The number of ketones is 1. The second-order valence-electron chi connectivity index (χ2n) is 10.3. The van der Waals surface area contributed by atoms with Crippen molar-refractivity contribution in [3.63, 3.8) is 0 Å². The molecule has 0 unspecified atom stereocenters.